The van der Waals surface area contributed by atoms with Gasteiger partial charge in [0.1, 0.15) is 0 Å². The van der Waals surface area contributed by atoms with Gasteiger partial charge in [-0.2, -0.15) is 0 Å². The zero-order chi connectivity index (χ0) is 22.6. The summed E-state index contributed by atoms with van der Waals surface area (Å²) in [5.74, 6) is 4.66. The lowest BCUT2D eigenvalue weighted by molar-refractivity contribution is -0.112. The Kier molecular flexibility index (Phi) is 6.35. The van der Waals surface area contributed by atoms with Gasteiger partial charge >= 0.3 is 0 Å². The highest BCUT2D eigenvalue weighted by molar-refractivity contribution is 5.28. The van der Waals surface area contributed by atoms with Crippen molar-refractivity contribution in [3.8, 4) is 0 Å². The monoisotopic (exact) mass is 426 g/mol. The maximum absolute atomic E-state index is 10.3. The number of rotatable bonds is 5. The molecule has 0 aromatic heterocycles. The lowest BCUT2D eigenvalue weighted by atomic mass is 9.41. The fraction of sp³-hybridized carbons (Fsp3) is 0.867. The first kappa shape index (κ1) is 23.6. The Morgan fingerprint density at radius 3 is 2.39 bits per heavy atom. The van der Waals surface area contributed by atoms with Crippen molar-refractivity contribution >= 4 is 0 Å². The standard InChI is InChI=1S/C30H50O/c1-8-22(20(2)3)10-9-21(4)25-11-12-26-29(25,6)18-15-27-28(5)17-14-24(31)19-23(28)13-16-30(26,27)7/h9-10,13,20-22,24-27,31H,8,11-12,14-19H2,1-7H3/b10-9+/t21-,22+,24-,25-,26-,27-,28-,29+,30-/m0/s1. The van der Waals surface area contributed by atoms with Gasteiger partial charge in [0.15, 0.2) is 0 Å². The van der Waals surface area contributed by atoms with Crippen LogP contribution in [-0.4, -0.2) is 11.2 Å². The molecule has 0 heterocycles. The van der Waals surface area contributed by atoms with E-state index >= 15 is 0 Å². The maximum Gasteiger partial charge on any atom is 0.0577 e. The molecule has 0 unspecified atom stereocenters. The van der Waals surface area contributed by atoms with E-state index in [-0.39, 0.29) is 6.10 Å². The Morgan fingerprint density at radius 2 is 1.71 bits per heavy atom. The Labute approximate surface area is 193 Å². The average molecular weight is 427 g/mol. The molecule has 0 radical (unpaired) electrons. The molecule has 0 saturated heterocycles. The van der Waals surface area contributed by atoms with Crippen LogP contribution in [0.4, 0.5) is 0 Å². The van der Waals surface area contributed by atoms with Gasteiger partial charge in [-0.3, -0.25) is 0 Å². The number of allylic oxidation sites excluding steroid dienone is 3. The van der Waals surface area contributed by atoms with Gasteiger partial charge in [0.2, 0.25) is 0 Å². The maximum atomic E-state index is 10.3. The van der Waals surface area contributed by atoms with E-state index in [1.807, 2.05) is 0 Å². The summed E-state index contributed by atoms with van der Waals surface area (Å²) in [6, 6.07) is 0. The van der Waals surface area contributed by atoms with Gasteiger partial charge in [0.25, 0.3) is 0 Å². The Bertz CT molecular complexity index is 718. The van der Waals surface area contributed by atoms with E-state index in [0.29, 0.717) is 22.2 Å². The van der Waals surface area contributed by atoms with Crippen LogP contribution in [-0.2, 0) is 0 Å². The highest BCUT2D eigenvalue weighted by Gasteiger charge is 2.63. The van der Waals surface area contributed by atoms with Gasteiger partial charge in [-0.1, -0.05) is 72.3 Å². The van der Waals surface area contributed by atoms with Gasteiger partial charge in [0, 0.05) is 0 Å². The molecule has 0 aromatic rings. The summed E-state index contributed by atoms with van der Waals surface area (Å²) in [5, 5.41) is 10.3. The second-order valence-electron chi connectivity index (χ2n) is 13.1. The minimum atomic E-state index is -0.0983. The summed E-state index contributed by atoms with van der Waals surface area (Å²) in [5.41, 5.74) is 2.87. The predicted octanol–water partition coefficient (Wildman–Crippen LogP) is 8.19. The van der Waals surface area contributed by atoms with Crippen LogP contribution in [0.3, 0.4) is 0 Å². The second kappa shape index (κ2) is 8.34. The van der Waals surface area contributed by atoms with Crippen molar-refractivity contribution in [2.45, 2.75) is 112 Å². The van der Waals surface area contributed by atoms with Crippen molar-refractivity contribution in [3.63, 3.8) is 0 Å². The van der Waals surface area contributed by atoms with Gasteiger partial charge in [-0.15, -0.1) is 0 Å². The molecule has 0 aliphatic heterocycles. The summed E-state index contributed by atoms with van der Waals surface area (Å²) < 4.78 is 0. The van der Waals surface area contributed by atoms with Crippen LogP contribution in [0.25, 0.3) is 0 Å². The molecule has 1 nitrogen and oxygen atoms in total. The van der Waals surface area contributed by atoms with E-state index < -0.39 is 0 Å². The Balaban J connectivity index is 1.57. The minimum absolute atomic E-state index is 0.0983. The highest BCUT2D eigenvalue weighted by Crippen LogP contribution is 2.71. The molecule has 176 valence electrons. The van der Waals surface area contributed by atoms with Gasteiger partial charge in [-0.25, -0.2) is 0 Å². The van der Waals surface area contributed by atoms with Crippen molar-refractivity contribution in [3.05, 3.63) is 23.8 Å². The number of aliphatic hydroxyl groups is 1. The van der Waals surface area contributed by atoms with E-state index in [2.05, 4.69) is 66.7 Å². The number of hydrogen-bond acceptors (Lipinski definition) is 1. The van der Waals surface area contributed by atoms with Gasteiger partial charge < -0.3 is 5.11 Å². The van der Waals surface area contributed by atoms with Crippen molar-refractivity contribution < 1.29 is 5.11 Å². The predicted molar refractivity (Wildman–Crippen MR) is 133 cm³/mol. The molecule has 4 rings (SSSR count). The minimum Gasteiger partial charge on any atom is -0.393 e. The molecule has 3 saturated carbocycles. The SMILES string of the molecule is CC[C@H](/C=C/[C@H](C)[C@@H]1CC[C@@H]2[C@]3(C)CC=C4C[C@@H](O)CC[C@]4(C)[C@@H]3CC[C@@]21C)C(C)C. The molecule has 1 heteroatoms. The van der Waals surface area contributed by atoms with Crippen molar-refractivity contribution in [1.29, 1.82) is 0 Å². The van der Waals surface area contributed by atoms with Crippen LogP contribution in [0.15, 0.2) is 23.8 Å². The fourth-order valence-electron chi connectivity index (χ4n) is 9.48. The summed E-state index contributed by atoms with van der Waals surface area (Å²) in [6.45, 7) is 17.5. The van der Waals surface area contributed by atoms with Crippen LogP contribution in [0.2, 0.25) is 0 Å². The molecule has 3 fully saturated rings. The summed E-state index contributed by atoms with van der Waals surface area (Å²) >= 11 is 0. The zero-order valence-corrected chi connectivity index (χ0v) is 21.6. The van der Waals surface area contributed by atoms with Crippen LogP contribution in [0.1, 0.15) is 106 Å². The Hall–Kier alpha value is -0.560. The fourth-order valence-corrected chi connectivity index (χ4v) is 9.48. The van der Waals surface area contributed by atoms with E-state index in [1.54, 1.807) is 5.57 Å². The molecule has 0 bridgehead atoms. The quantitative estimate of drug-likeness (QED) is 0.439. The third kappa shape index (κ3) is 3.70. The number of fused-ring (bicyclic) bond motifs is 5. The third-order valence-electron chi connectivity index (χ3n) is 11.3. The Morgan fingerprint density at radius 1 is 0.968 bits per heavy atom. The van der Waals surface area contributed by atoms with E-state index in [0.717, 1.165) is 42.4 Å². The molecule has 0 spiro atoms. The third-order valence-corrected chi connectivity index (χ3v) is 11.3. The molecule has 4 aliphatic carbocycles. The molecule has 9 atom stereocenters. The smallest absolute Gasteiger partial charge is 0.0577 e. The van der Waals surface area contributed by atoms with Gasteiger partial charge in [0.05, 0.1) is 6.10 Å². The second-order valence-corrected chi connectivity index (χ2v) is 13.1. The van der Waals surface area contributed by atoms with E-state index in [4.69, 9.17) is 0 Å². The lowest BCUT2D eigenvalue weighted by Gasteiger charge is -2.63. The first-order valence-electron chi connectivity index (χ1n) is 13.6. The first-order valence-corrected chi connectivity index (χ1v) is 13.6. The molecule has 1 N–H and O–H groups in total. The van der Waals surface area contributed by atoms with Crippen molar-refractivity contribution in [1.82, 2.24) is 0 Å². The molecule has 31 heavy (non-hydrogen) atoms. The number of aliphatic hydroxyl groups excluding tert-OH is 1. The number of hydrogen-bond donors (Lipinski definition) is 1. The van der Waals surface area contributed by atoms with Crippen LogP contribution >= 0.6 is 0 Å². The first-order chi connectivity index (χ1) is 14.6. The summed E-state index contributed by atoms with van der Waals surface area (Å²) in [7, 11) is 0. The van der Waals surface area contributed by atoms with E-state index in [1.165, 1.54) is 44.9 Å². The molecule has 0 amide bonds. The van der Waals surface area contributed by atoms with E-state index in [9.17, 15) is 5.11 Å². The topological polar surface area (TPSA) is 20.2 Å². The lowest BCUT2D eigenvalue weighted by Crippen LogP contribution is -2.56. The largest absolute Gasteiger partial charge is 0.393 e. The summed E-state index contributed by atoms with van der Waals surface area (Å²) in [4.78, 5) is 0. The average Bonchev–Trinajstić information content (AvgIpc) is 3.07. The van der Waals surface area contributed by atoms with Gasteiger partial charge in [-0.05, 0) is 110 Å². The van der Waals surface area contributed by atoms with Crippen molar-refractivity contribution in [2.75, 3.05) is 0 Å². The van der Waals surface area contributed by atoms with Crippen LogP contribution < -0.4 is 0 Å². The highest BCUT2D eigenvalue weighted by atomic mass is 16.3. The normalized spacial score (nSPS) is 46.9. The van der Waals surface area contributed by atoms with Crippen molar-refractivity contribution in [2.24, 2.45) is 51.8 Å². The molecule has 0 aromatic carbocycles. The zero-order valence-electron chi connectivity index (χ0n) is 21.6. The van der Waals surface area contributed by atoms with Crippen LogP contribution in [0, 0.1) is 51.8 Å². The van der Waals surface area contributed by atoms with Crippen LogP contribution in [0.5, 0.6) is 0 Å². The molecule has 4 aliphatic rings. The molecular weight excluding hydrogens is 376 g/mol. The molecular formula is C30H50O. The summed E-state index contributed by atoms with van der Waals surface area (Å²) in [6.07, 6.45) is 18.9.